The molecule has 4 heteroatoms. The Hall–Kier alpha value is -0.505. The van der Waals surface area contributed by atoms with Gasteiger partial charge in [-0.3, -0.25) is 9.69 Å². The van der Waals surface area contributed by atoms with Gasteiger partial charge in [-0.1, -0.05) is 19.2 Å². The lowest BCUT2D eigenvalue weighted by molar-refractivity contribution is -0.119. The third kappa shape index (κ3) is 3.73. The zero-order chi connectivity index (χ0) is 12.1. The fraction of sp³-hybridized carbons (Fsp3) is 0.923. The van der Waals surface area contributed by atoms with E-state index in [-0.39, 0.29) is 0 Å². The Morgan fingerprint density at radius 3 is 2.12 bits per heavy atom. The Morgan fingerprint density at radius 2 is 1.59 bits per heavy atom. The molecule has 0 aromatic heterocycles. The van der Waals surface area contributed by atoms with Crippen molar-refractivity contribution in [1.29, 1.82) is 0 Å². The summed E-state index contributed by atoms with van der Waals surface area (Å²) in [6.07, 6.45) is 7.16. The molecule has 0 atom stereocenters. The molecular weight excluding hydrogens is 211 g/mol. The number of nitrogens with zero attached hydrogens (tertiary/aromatic N) is 2. The van der Waals surface area contributed by atoms with Crippen molar-refractivity contribution in [3.63, 3.8) is 0 Å². The maximum atomic E-state index is 10.6. The molecule has 0 N–H and O–H groups in total. The van der Waals surface area contributed by atoms with Crippen molar-refractivity contribution in [2.24, 2.45) is 11.8 Å². The van der Waals surface area contributed by atoms with Gasteiger partial charge in [0, 0.05) is 32.7 Å². The lowest BCUT2D eigenvalue weighted by Gasteiger charge is -2.36. The van der Waals surface area contributed by atoms with E-state index in [9.17, 15) is 4.79 Å². The van der Waals surface area contributed by atoms with Crippen LogP contribution < -0.4 is 0 Å². The molecule has 1 amide bonds. The molecule has 2 fully saturated rings. The van der Waals surface area contributed by atoms with Gasteiger partial charge in [-0.25, -0.2) is 0 Å². The summed E-state index contributed by atoms with van der Waals surface area (Å²) >= 11 is 0. The van der Waals surface area contributed by atoms with Crippen molar-refractivity contribution in [2.75, 3.05) is 32.7 Å². The quantitative estimate of drug-likeness (QED) is 0.538. The zero-order valence-corrected chi connectivity index (χ0v) is 10.7. The largest absolute Gasteiger partial charge is 0.343 e. The average Bonchev–Trinajstić information content (AvgIpc) is 2.40. The monoisotopic (exact) mass is 234 g/mol. The molecule has 1 heterocycles. The van der Waals surface area contributed by atoms with Crippen molar-refractivity contribution >= 4 is 14.3 Å². The maximum Gasteiger partial charge on any atom is 0.209 e. The van der Waals surface area contributed by atoms with E-state index in [0.717, 1.165) is 50.7 Å². The summed E-state index contributed by atoms with van der Waals surface area (Å²) in [7, 11) is 5.71. The fourth-order valence-electron chi connectivity index (χ4n) is 3.07. The standard InChI is InChI=1S/C13H23BN2O/c14-9-12-1-3-13(4-2-12)10-15-5-7-16(11-17)8-6-15/h11-13H,1-10H2. The van der Waals surface area contributed by atoms with Gasteiger partial charge in [0.15, 0.2) is 0 Å². The summed E-state index contributed by atoms with van der Waals surface area (Å²) in [4.78, 5) is 15.0. The van der Waals surface area contributed by atoms with Crippen LogP contribution in [0.15, 0.2) is 0 Å². The van der Waals surface area contributed by atoms with Crippen molar-refractivity contribution in [3.05, 3.63) is 0 Å². The SMILES string of the molecule is [B]CC1CCC(CN2CCN(C=O)CC2)CC1. The predicted octanol–water partition coefficient (Wildman–Crippen LogP) is 1.15. The number of carbonyl (C=O) groups excluding carboxylic acids is 1. The van der Waals surface area contributed by atoms with Crippen LogP contribution in [-0.4, -0.2) is 56.8 Å². The van der Waals surface area contributed by atoms with Crippen LogP contribution in [0.25, 0.3) is 0 Å². The van der Waals surface area contributed by atoms with Crippen molar-refractivity contribution < 1.29 is 4.79 Å². The van der Waals surface area contributed by atoms with E-state index in [1.54, 1.807) is 0 Å². The Balaban J connectivity index is 1.67. The van der Waals surface area contributed by atoms with Crippen LogP contribution >= 0.6 is 0 Å². The van der Waals surface area contributed by atoms with Gasteiger partial charge in [-0.15, -0.1) is 0 Å². The smallest absolute Gasteiger partial charge is 0.209 e. The van der Waals surface area contributed by atoms with Gasteiger partial charge in [0.25, 0.3) is 0 Å². The van der Waals surface area contributed by atoms with E-state index in [2.05, 4.69) is 4.90 Å². The minimum atomic E-state index is 0.776. The molecule has 2 radical (unpaired) electrons. The normalized spacial score (nSPS) is 31.4. The van der Waals surface area contributed by atoms with Gasteiger partial charge >= 0.3 is 0 Å². The first-order chi connectivity index (χ1) is 8.31. The van der Waals surface area contributed by atoms with Crippen LogP contribution in [0, 0.1) is 11.8 Å². The summed E-state index contributed by atoms with van der Waals surface area (Å²) in [5.74, 6) is 1.64. The molecule has 1 saturated heterocycles. The first-order valence-corrected chi connectivity index (χ1v) is 6.93. The van der Waals surface area contributed by atoms with Gasteiger partial charge in [-0.2, -0.15) is 0 Å². The molecule has 2 aliphatic rings. The second-order valence-electron chi connectivity index (χ2n) is 5.56. The molecule has 0 bridgehead atoms. The molecule has 0 unspecified atom stereocenters. The van der Waals surface area contributed by atoms with Crippen molar-refractivity contribution in [3.8, 4) is 0 Å². The van der Waals surface area contributed by atoms with Gasteiger partial charge in [0.1, 0.15) is 0 Å². The highest BCUT2D eigenvalue weighted by Crippen LogP contribution is 2.30. The van der Waals surface area contributed by atoms with Crippen LogP contribution in [0.2, 0.25) is 6.32 Å². The van der Waals surface area contributed by atoms with Gasteiger partial charge in [0.2, 0.25) is 6.41 Å². The fourth-order valence-corrected chi connectivity index (χ4v) is 3.07. The first kappa shape index (κ1) is 12.9. The van der Waals surface area contributed by atoms with E-state index >= 15 is 0 Å². The highest BCUT2D eigenvalue weighted by Gasteiger charge is 2.23. The number of hydrogen-bond donors (Lipinski definition) is 0. The first-order valence-electron chi connectivity index (χ1n) is 6.93. The third-order valence-electron chi connectivity index (χ3n) is 4.37. The molecule has 94 valence electrons. The number of rotatable bonds is 4. The molecule has 0 spiro atoms. The Kier molecular flexibility index (Phi) is 4.90. The second kappa shape index (κ2) is 6.43. The number of piperazine rings is 1. The lowest BCUT2D eigenvalue weighted by Crippen LogP contribution is -2.47. The highest BCUT2D eigenvalue weighted by atomic mass is 16.1. The van der Waals surface area contributed by atoms with Crippen LogP contribution in [0.3, 0.4) is 0 Å². The Labute approximate surface area is 106 Å². The van der Waals surface area contributed by atoms with Crippen LogP contribution in [0.4, 0.5) is 0 Å². The topological polar surface area (TPSA) is 23.6 Å². The van der Waals surface area contributed by atoms with E-state index in [1.165, 1.54) is 32.2 Å². The average molecular weight is 234 g/mol. The lowest BCUT2D eigenvalue weighted by atomic mass is 9.76. The van der Waals surface area contributed by atoms with E-state index in [0.29, 0.717) is 0 Å². The van der Waals surface area contributed by atoms with Crippen LogP contribution in [-0.2, 0) is 4.79 Å². The summed E-state index contributed by atoms with van der Waals surface area (Å²) in [5, 5.41) is 0. The summed E-state index contributed by atoms with van der Waals surface area (Å²) in [5.41, 5.74) is 0. The molecule has 0 aromatic carbocycles. The molecule has 1 aliphatic heterocycles. The molecule has 1 aliphatic carbocycles. The van der Waals surface area contributed by atoms with Gasteiger partial charge in [-0.05, 0) is 24.7 Å². The maximum absolute atomic E-state index is 10.6. The van der Waals surface area contributed by atoms with Crippen molar-refractivity contribution in [2.45, 2.75) is 32.0 Å². The second-order valence-corrected chi connectivity index (χ2v) is 5.56. The van der Waals surface area contributed by atoms with Gasteiger partial charge in [0.05, 0.1) is 7.85 Å². The minimum absolute atomic E-state index is 0.776. The van der Waals surface area contributed by atoms with Crippen molar-refractivity contribution in [1.82, 2.24) is 9.80 Å². The summed E-state index contributed by atoms with van der Waals surface area (Å²) in [6.45, 7) is 5.14. The summed E-state index contributed by atoms with van der Waals surface area (Å²) < 4.78 is 0. The highest BCUT2D eigenvalue weighted by molar-refractivity contribution is 6.08. The summed E-state index contributed by atoms with van der Waals surface area (Å²) in [6, 6.07) is 0. The van der Waals surface area contributed by atoms with Gasteiger partial charge < -0.3 is 4.90 Å². The van der Waals surface area contributed by atoms with E-state index in [1.807, 2.05) is 4.90 Å². The zero-order valence-electron chi connectivity index (χ0n) is 10.7. The van der Waals surface area contributed by atoms with E-state index < -0.39 is 0 Å². The predicted molar refractivity (Wildman–Crippen MR) is 70.1 cm³/mol. The molecule has 0 aromatic rings. The number of carbonyl (C=O) groups is 1. The Bertz CT molecular complexity index is 234. The molecule has 2 rings (SSSR count). The molecular formula is C13H23BN2O. The van der Waals surface area contributed by atoms with Crippen LogP contribution in [0.5, 0.6) is 0 Å². The molecule has 3 nitrogen and oxygen atoms in total. The third-order valence-corrected chi connectivity index (χ3v) is 4.37. The van der Waals surface area contributed by atoms with Crippen LogP contribution in [0.1, 0.15) is 25.7 Å². The van der Waals surface area contributed by atoms with E-state index in [4.69, 9.17) is 7.85 Å². The minimum Gasteiger partial charge on any atom is -0.343 e. The molecule has 1 saturated carbocycles. The molecule has 17 heavy (non-hydrogen) atoms. The number of hydrogen-bond acceptors (Lipinski definition) is 2. The Morgan fingerprint density at radius 1 is 1.00 bits per heavy atom. The number of amides is 1.